The van der Waals surface area contributed by atoms with Crippen LogP contribution in [0.5, 0.6) is 5.75 Å². The molecular formula is C21H13BrF2N2O3S. The van der Waals surface area contributed by atoms with Gasteiger partial charge in [-0.15, -0.1) is 11.3 Å². The van der Waals surface area contributed by atoms with E-state index in [1.54, 1.807) is 29.7 Å². The number of thiazole rings is 1. The molecule has 2 aromatic carbocycles. The second-order valence-electron chi connectivity index (χ2n) is 6.43. The summed E-state index contributed by atoms with van der Waals surface area (Å²) >= 11 is 4.44. The first-order valence-corrected chi connectivity index (χ1v) is 10.4. The molecule has 1 aromatic heterocycles. The van der Waals surface area contributed by atoms with Crippen LogP contribution in [-0.4, -0.2) is 23.3 Å². The molecule has 0 unspecified atom stereocenters. The van der Waals surface area contributed by atoms with E-state index in [1.807, 2.05) is 0 Å². The van der Waals surface area contributed by atoms with Gasteiger partial charge in [0.15, 0.2) is 10.9 Å². The minimum atomic E-state index is -0.877. The molecule has 5 nitrogen and oxygen atoms in total. The van der Waals surface area contributed by atoms with Crippen molar-refractivity contribution in [3.63, 3.8) is 0 Å². The maximum Gasteiger partial charge on any atom is 0.230 e. The van der Waals surface area contributed by atoms with Crippen LogP contribution in [0.4, 0.5) is 19.6 Å². The Morgan fingerprint density at radius 2 is 2.07 bits per heavy atom. The average molecular weight is 491 g/mol. The summed E-state index contributed by atoms with van der Waals surface area (Å²) in [6.07, 6.45) is 1.57. The molecule has 0 atom stereocenters. The molecule has 2 heterocycles. The molecule has 0 N–H and O–H groups in total. The maximum atomic E-state index is 14.2. The van der Waals surface area contributed by atoms with Crippen molar-refractivity contribution in [1.29, 1.82) is 0 Å². The lowest BCUT2D eigenvalue weighted by Crippen LogP contribution is -2.23. The van der Waals surface area contributed by atoms with Crippen LogP contribution < -0.4 is 9.64 Å². The highest BCUT2D eigenvalue weighted by Gasteiger charge is 2.25. The highest BCUT2D eigenvalue weighted by molar-refractivity contribution is 9.10. The molecular weight excluding hydrogens is 478 g/mol. The third-order valence-electron chi connectivity index (χ3n) is 4.35. The number of anilines is 2. The number of carbonyl (C=O) groups is 2. The molecule has 0 bridgehead atoms. The SMILES string of the molecule is CC(=O)N(c1nc(/C=C2\COc3ccc(Br)cc3C2=O)cs1)c1ccc(F)cc1F. The van der Waals surface area contributed by atoms with Crippen molar-refractivity contribution in [2.24, 2.45) is 0 Å². The van der Waals surface area contributed by atoms with E-state index < -0.39 is 17.5 Å². The molecule has 1 amide bonds. The van der Waals surface area contributed by atoms with E-state index in [0.717, 1.165) is 26.8 Å². The summed E-state index contributed by atoms with van der Waals surface area (Å²) in [5.74, 6) is -1.77. The minimum Gasteiger partial charge on any atom is -0.488 e. The quantitative estimate of drug-likeness (QED) is 0.453. The van der Waals surface area contributed by atoms with Crippen molar-refractivity contribution in [3.8, 4) is 5.75 Å². The Hall–Kier alpha value is -2.91. The summed E-state index contributed by atoms with van der Waals surface area (Å²) < 4.78 is 33.8. The van der Waals surface area contributed by atoms with Gasteiger partial charge in [0, 0.05) is 28.4 Å². The second kappa shape index (κ2) is 8.08. The first-order valence-electron chi connectivity index (χ1n) is 8.72. The fourth-order valence-corrected chi connectivity index (χ4v) is 4.20. The van der Waals surface area contributed by atoms with Crippen LogP contribution in [-0.2, 0) is 4.79 Å². The Labute approximate surface area is 182 Å². The molecule has 0 spiro atoms. The monoisotopic (exact) mass is 490 g/mol. The van der Waals surface area contributed by atoms with E-state index in [0.29, 0.717) is 28.6 Å². The Kier molecular flexibility index (Phi) is 5.48. The minimum absolute atomic E-state index is 0.0866. The number of halogens is 3. The predicted octanol–water partition coefficient (Wildman–Crippen LogP) is 5.53. The zero-order chi connectivity index (χ0) is 21.4. The number of amides is 1. The molecule has 0 saturated heterocycles. The summed E-state index contributed by atoms with van der Waals surface area (Å²) in [6, 6.07) is 8.15. The predicted molar refractivity (Wildman–Crippen MR) is 113 cm³/mol. The highest BCUT2D eigenvalue weighted by atomic mass is 79.9. The number of hydrogen-bond acceptors (Lipinski definition) is 5. The van der Waals surface area contributed by atoms with Crippen LogP contribution in [0.25, 0.3) is 6.08 Å². The number of benzene rings is 2. The van der Waals surface area contributed by atoms with Gasteiger partial charge in [-0.2, -0.15) is 0 Å². The Morgan fingerprint density at radius 1 is 1.27 bits per heavy atom. The standard InChI is InChI=1S/C21H13BrF2N2O3S/c1-11(27)26(18-4-3-14(23)8-17(18)24)21-25-15(10-30-21)6-12-9-29-19-5-2-13(22)7-16(19)20(12)28/h2-8,10H,9H2,1H3/b12-6+. The lowest BCUT2D eigenvalue weighted by molar-refractivity contribution is -0.115. The van der Waals surface area contributed by atoms with Crippen molar-refractivity contribution in [3.05, 3.63) is 74.7 Å². The van der Waals surface area contributed by atoms with Gasteiger partial charge in [-0.3, -0.25) is 14.5 Å². The van der Waals surface area contributed by atoms with Gasteiger partial charge >= 0.3 is 0 Å². The largest absolute Gasteiger partial charge is 0.488 e. The maximum absolute atomic E-state index is 14.2. The van der Waals surface area contributed by atoms with Crippen LogP contribution in [0.2, 0.25) is 0 Å². The van der Waals surface area contributed by atoms with Crippen molar-refractivity contribution in [2.75, 3.05) is 11.5 Å². The van der Waals surface area contributed by atoms with Crippen molar-refractivity contribution < 1.29 is 23.1 Å². The van der Waals surface area contributed by atoms with E-state index in [-0.39, 0.29) is 23.2 Å². The zero-order valence-corrected chi connectivity index (χ0v) is 17.9. The highest BCUT2D eigenvalue weighted by Crippen LogP contribution is 2.33. The number of ether oxygens (including phenoxy) is 1. The van der Waals surface area contributed by atoms with Crippen LogP contribution in [0.3, 0.4) is 0 Å². The summed E-state index contributed by atoms with van der Waals surface area (Å²) in [5, 5.41) is 1.84. The fourth-order valence-electron chi connectivity index (χ4n) is 3.00. The van der Waals surface area contributed by atoms with Gasteiger partial charge in [-0.1, -0.05) is 15.9 Å². The summed E-state index contributed by atoms with van der Waals surface area (Å²) in [6.45, 7) is 1.35. The summed E-state index contributed by atoms with van der Waals surface area (Å²) in [7, 11) is 0. The van der Waals surface area contributed by atoms with Crippen LogP contribution in [0.1, 0.15) is 23.0 Å². The van der Waals surface area contributed by atoms with E-state index >= 15 is 0 Å². The van der Waals surface area contributed by atoms with Gasteiger partial charge in [0.1, 0.15) is 24.0 Å². The van der Waals surface area contributed by atoms with E-state index in [9.17, 15) is 18.4 Å². The first-order chi connectivity index (χ1) is 14.3. The van der Waals surface area contributed by atoms with Gasteiger partial charge < -0.3 is 4.74 Å². The third-order valence-corrected chi connectivity index (χ3v) is 5.69. The van der Waals surface area contributed by atoms with Gasteiger partial charge in [-0.05, 0) is 36.4 Å². The number of nitrogens with zero attached hydrogens (tertiary/aromatic N) is 2. The third kappa shape index (κ3) is 3.90. The number of aromatic nitrogens is 1. The van der Waals surface area contributed by atoms with E-state index in [2.05, 4.69) is 20.9 Å². The fraction of sp³-hybridized carbons (Fsp3) is 0.0952. The van der Waals surface area contributed by atoms with Crippen molar-refractivity contribution >= 4 is 55.9 Å². The Bertz CT molecular complexity index is 1210. The molecule has 9 heteroatoms. The molecule has 1 aliphatic heterocycles. The smallest absolute Gasteiger partial charge is 0.230 e. The number of carbonyl (C=O) groups excluding carboxylic acids is 2. The van der Waals surface area contributed by atoms with Crippen LogP contribution >= 0.6 is 27.3 Å². The number of fused-ring (bicyclic) bond motifs is 1. The van der Waals surface area contributed by atoms with Gasteiger partial charge in [0.25, 0.3) is 0 Å². The second-order valence-corrected chi connectivity index (χ2v) is 8.19. The molecule has 0 fully saturated rings. The van der Waals surface area contributed by atoms with E-state index in [1.165, 1.54) is 13.0 Å². The Morgan fingerprint density at radius 3 is 2.80 bits per heavy atom. The lowest BCUT2D eigenvalue weighted by Gasteiger charge is -2.19. The number of hydrogen-bond donors (Lipinski definition) is 0. The topological polar surface area (TPSA) is 59.5 Å². The molecule has 0 saturated carbocycles. The van der Waals surface area contributed by atoms with Crippen molar-refractivity contribution in [2.45, 2.75) is 6.92 Å². The van der Waals surface area contributed by atoms with Gasteiger partial charge in [0.05, 0.1) is 16.9 Å². The van der Waals surface area contributed by atoms with Crippen LogP contribution in [0, 0.1) is 11.6 Å². The first kappa shape index (κ1) is 20.4. The average Bonchev–Trinajstić information content (AvgIpc) is 3.14. The molecule has 152 valence electrons. The van der Waals surface area contributed by atoms with Gasteiger partial charge in [0.2, 0.25) is 5.91 Å². The van der Waals surface area contributed by atoms with E-state index in [4.69, 9.17) is 4.74 Å². The molecule has 4 rings (SSSR count). The van der Waals surface area contributed by atoms with Crippen molar-refractivity contribution in [1.82, 2.24) is 4.98 Å². The molecule has 1 aliphatic rings. The normalized spacial score (nSPS) is 14.4. The number of rotatable bonds is 3. The lowest BCUT2D eigenvalue weighted by atomic mass is 10.00. The molecule has 30 heavy (non-hydrogen) atoms. The van der Waals surface area contributed by atoms with Gasteiger partial charge in [-0.25, -0.2) is 13.8 Å². The van der Waals surface area contributed by atoms with Crippen LogP contribution in [0.15, 0.2) is 51.8 Å². The number of ketones is 1. The zero-order valence-electron chi connectivity index (χ0n) is 15.5. The Balaban J connectivity index is 1.66. The molecule has 0 radical (unpaired) electrons. The molecule has 3 aromatic rings. The summed E-state index contributed by atoms with van der Waals surface area (Å²) in [5.41, 5.74) is 1.17. The number of Topliss-reactive ketones (excluding diaryl/α,β-unsaturated/α-hetero) is 1. The molecule has 0 aliphatic carbocycles. The summed E-state index contributed by atoms with van der Waals surface area (Å²) in [4.78, 5) is 30.3.